The van der Waals surface area contributed by atoms with Gasteiger partial charge in [0.05, 0.1) is 4.88 Å². The van der Waals surface area contributed by atoms with Crippen molar-refractivity contribution in [2.24, 2.45) is 0 Å². The van der Waals surface area contributed by atoms with E-state index in [-0.39, 0.29) is 11.9 Å². The zero-order valence-electron chi connectivity index (χ0n) is 11.2. The van der Waals surface area contributed by atoms with Gasteiger partial charge in [-0.25, -0.2) is 4.79 Å². The topological polar surface area (TPSA) is 66.4 Å². The van der Waals surface area contributed by atoms with E-state index in [9.17, 15) is 9.59 Å². The molecule has 1 rings (SSSR count). The molecule has 1 atom stereocenters. The highest BCUT2D eigenvalue weighted by molar-refractivity contribution is 7.12. The van der Waals surface area contributed by atoms with Crippen molar-refractivity contribution in [2.75, 3.05) is 0 Å². The van der Waals surface area contributed by atoms with Crippen molar-refractivity contribution in [1.82, 2.24) is 5.32 Å². The van der Waals surface area contributed by atoms with E-state index in [0.717, 1.165) is 25.3 Å². The normalized spacial score (nSPS) is 12.5. The van der Waals surface area contributed by atoms with E-state index in [1.54, 1.807) is 11.4 Å². The molecule has 0 aliphatic heterocycles. The van der Waals surface area contributed by atoms with E-state index in [2.05, 4.69) is 12.2 Å². The summed E-state index contributed by atoms with van der Waals surface area (Å²) in [5.41, 5.74) is 0.646. The zero-order valence-corrected chi connectivity index (χ0v) is 12.0. The maximum Gasteiger partial charge on any atom is 0.328 e. The van der Waals surface area contributed by atoms with Crippen LogP contribution < -0.4 is 5.32 Å². The first kappa shape index (κ1) is 15.4. The van der Waals surface area contributed by atoms with E-state index < -0.39 is 5.97 Å². The van der Waals surface area contributed by atoms with Crippen LogP contribution in [0.15, 0.2) is 17.5 Å². The van der Waals surface area contributed by atoms with Crippen LogP contribution in [0.4, 0.5) is 0 Å². The van der Waals surface area contributed by atoms with Crippen molar-refractivity contribution in [3.63, 3.8) is 0 Å². The number of unbranched alkanes of at least 4 members (excludes halogenated alkanes) is 1. The highest BCUT2D eigenvalue weighted by atomic mass is 32.1. The molecule has 0 bridgehead atoms. The summed E-state index contributed by atoms with van der Waals surface area (Å²) in [6, 6.07) is 1.88. The number of carbonyl (C=O) groups excluding carboxylic acids is 1. The first-order valence-corrected chi connectivity index (χ1v) is 7.22. The minimum atomic E-state index is -1.02. The smallest absolute Gasteiger partial charge is 0.328 e. The largest absolute Gasteiger partial charge is 0.478 e. The standard InChI is InChI=1S/C14H19NO3S/c1-3-4-5-10(2)15-14(18)13-11(8-9-19-13)6-7-12(16)17/h6-10H,3-5H2,1-2H3,(H,15,18)(H,16,17)/b7-6+. The van der Waals surface area contributed by atoms with Gasteiger partial charge in [0, 0.05) is 12.1 Å². The number of aliphatic carboxylic acids is 1. The molecule has 0 fully saturated rings. The number of nitrogens with one attached hydrogen (secondary N) is 1. The SMILES string of the molecule is CCCCC(C)NC(=O)c1sccc1/C=C/C(=O)O. The molecule has 0 saturated carbocycles. The molecule has 0 aliphatic carbocycles. The number of amides is 1. The fourth-order valence-corrected chi connectivity index (χ4v) is 2.46. The Morgan fingerprint density at radius 3 is 2.89 bits per heavy atom. The minimum absolute atomic E-state index is 0.130. The molecule has 1 unspecified atom stereocenters. The molecule has 104 valence electrons. The third kappa shape index (κ3) is 5.26. The van der Waals surface area contributed by atoms with Crippen molar-refractivity contribution >= 4 is 29.3 Å². The van der Waals surface area contributed by atoms with Crippen LogP contribution in [-0.2, 0) is 4.79 Å². The van der Waals surface area contributed by atoms with E-state index >= 15 is 0 Å². The summed E-state index contributed by atoms with van der Waals surface area (Å²) >= 11 is 1.32. The number of carbonyl (C=O) groups is 2. The second-order valence-electron chi connectivity index (χ2n) is 4.39. The number of thiophene rings is 1. The van der Waals surface area contributed by atoms with Gasteiger partial charge >= 0.3 is 5.97 Å². The summed E-state index contributed by atoms with van der Waals surface area (Å²) in [5.74, 6) is -1.16. The summed E-state index contributed by atoms with van der Waals surface area (Å²) in [4.78, 5) is 23.1. The van der Waals surface area contributed by atoms with E-state index in [0.29, 0.717) is 10.4 Å². The lowest BCUT2D eigenvalue weighted by atomic mass is 10.1. The second-order valence-corrected chi connectivity index (χ2v) is 5.31. The van der Waals surface area contributed by atoms with Crippen molar-refractivity contribution in [3.05, 3.63) is 28.0 Å². The van der Waals surface area contributed by atoms with Gasteiger partial charge in [0.25, 0.3) is 5.91 Å². The van der Waals surface area contributed by atoms with Gasteiger partial charge in [0.15, 0.2) is 0 Å². The van der Waals surface area contributed by atoms with Crippen molar-refractivity contribution in [3.8, 4) is 0 Å². The summed E-state index contributed by atoms with van der Waals surface area (Å²) < 4.78 is 0. The quantitative estimate of drug-likeness (QED) is 0.754. The summed E-state index contributed by atoms with van der Waals surface area (Å²) in [5, 5.41) is 13.3. The van der Waals surface area contributed by atoms with E-state index in [1.165, 1.54) is 17.4 Å². The molecule has 4 nitrogen and oxygen atoms in total. The number of carboxylic acids is 1. The molecule has 0 spiro atoms. The lowest BCUT2D eigenvalue weighted by molar-refractivity contribution is -0.131. The molecule has 2 N–H and O–H groups in total. The van der Waals surface area contributed by atoms with E-state index in [1.807, 2.05) is 6.92 Å². The molecular weight excluding hydrogens is 262 g/mol. The number of carboxylic acid groups (broad SMARTS) is 1. The Labute approximate surface area is 117 Å². The van der Waals surface area contributed by atoms with Crippen molar-refractivity contribution in [2.45, 2.75) is 39.2 Å². The van der Waals surface area contributed by atoms with Crippen LogP contribution in [0.3, 0.4) is 0 Å². The molecule has 5 heteroatoms. The fraction of sp³-hybridized carbons (Fsp3) is 0.429. The molecule has 1 aromatic heterocycles. The Balaban J connectivity index is 2.67. The van der Waals surface area contributed by atoms with Crippen LogP contribution in [0.2, 0.25) is 0 Å². The van der Waals surface area contributed by atoms with Gasteiger partial charge < -0.3 is 10.4 Å². The van der Waals surface area contributed by atoms with Gasteiger partial charge in [0.1, 0.15) is 0 Å². The molecule has 0 radical (unpaired) electrons. The van der Waals surface area contributed by atoms with Crippen molar-refractivity contribution in [1.29, 1.82) is 0 Å². The summed E-state index contributed by atoms with van der Waals surface area (Å²) in [7, 11) is 0. The number of rotatable bonds is 7. The Bertz CT molecular complexity index is 465. The van der Waals surface area contributed by atoms with Crippen LogP contribution in [0.1, 0.15) is 48.3 Å². The van der Waals surface area contributed by atoms with Gasteiger partial charge in [-0.1, -0.05) is 19.8 Å². The zero-order chi connectivity index (χ0) is 14.3. The van der Waals surface area contributed by atoms with Gasteiger partial charge in [-0.2, -0.15) is 0 Å². The predicted molar refractivity (Wildman–Crippen MR) is 77.4 cm³/mol. The van der Waals surface area contributed by atoms with E-state index in [4.69, 9.17) is 5.11 Å². The predicted octanol–water partition coefficient (Wildman–Crippen LogP) is 3.15. The molecule has 0 saturated heterocycles. The highest BCUT2D eigenvalue weighted by Gasteiger charge is 2.13. The Kier molecular flexibility index (Phi) is 6.29. The second kappa shape index (κ2) is 7.74. The van der Waals surface area contributed by atoms with Crippen LogP contribution in [0, 0.1) is 0 Å². The first-order chi connectivity index (χ1) is 9.04. The Morgan fingerprint density at radius 1 is 1.53 bits per heavy atom. The molecule has 1 heterocycles. The van der Waals surface area contributed by atoms with Gasteiger partial charge in [-0.3, -0.25) is 4.79 Å². The maximum absolute atomic E-state index is 12.1. The Morgan fingerprint density at radius 2 is 2.26 bits per heavy atom. The molecular formula is C14H19NO3S. The lowest BCUT2D eigenvalue weighted by Crippen LogP contribution is -2.32. The third-order valence-electron chi connectivity index (χ3n) is 2.68. The average molecular weight is 281 g/mol. The molecule has 0 aromatic carbocycles. The van der Waals surface area contributed by atoms with Crippen LogP contribution in [0.25, 0.3) is 6.08 Å². The lowest BCUT2D eigenvalue weighted by Gasteiger charge is -2.12. The van der Waals surface area contributed by atoms with Gasteiger partial charge in [-0.05, 0) is 36.4 Å². The fourth-order valence-electron chi connectivity index (χ4n) is 1.67. The summed E-state index contributed by atoms with van der Waals surface area (Å²) in [6.45, 7) is 4.09. The number of hydrogen-bond acceptors (Lipinski definition) is 3. The molecule has 19 heavy (non-hydrogen) atoms. The highest BCUT2D eigenvalue weighted by Crippen LogP contribution is 2.18. The molecule has 1 amide bonds. The molecule has 0 aliphatic rings. The van der Waals surface area contributed by atoms with Crippen LogP contribution >= 0.6 is 11.3 Å². The van der Waals surface area contributed by atoms with Gasteiger partial charge in [-0.15, -0.1) is 11.3 Å². The van der Waals surface area contributed by atoms with Gasteiger partial charge in [0.2, 0.25) is 0 Å². The minimum Gasteiger partial charge on any atom is -0.478 e. The van der Waals surface area contributed by atoms with Crippen molar-refractivity contribution < 1.29 is 14.7 Å². The molecule has 1 aromatic rings. The Hall–Kier alpha value is -1.62. The number of hydrogen-bond donors (Lipinski definition) is 2. The monoisotopic (exact) mass is 281 g/mol. The summed E-state index contributed by atoms with van der Waals surface area (Å²) in [6.07, 6.45) is 5.63. The first-order valence-electron chi connectivity index (χ1n) is 6.34. The maximum atomic E-state index is 12.1. The third-order valence-corrected chi connectivity index (χ3v) is 3.60. The van der Waals surface area contributed by atoms with Crippen LogP contribution in [0.5, 0.6) is 0 Å². The van der Waals surface area contributed by atoms with Crippen LogP contribution in [-0.4, -0.2) is 23.0 Å². The average Bonchev–Trinajstić information content (AvgIpc) is 2.82.